The van der Waals surface area contributed by atoms with Gasteiger partial charge in [0, 0.05) is 16.8 Å². The Kier molecular flexibility index (Phi) is 3.46. The molecule has 1 heterocycles. The molecule has 0 atom stereocenters. The second kappa shape index (κ2) is 5.44. The van der Waals surface area contributed by atoms with Crippen molar-refractivity contribution in [1.29, 1.82) is 0 Å². The van der Waals surface area contributed by atoms with Gasteiger partial charge < -0.3 is 15.3 Å². The number of aromatic amines is 2. The highest BCUT2D eigenvalue weighted by Crippen LogP contribution is 2.24. The number of fused-ring (bicyclic) bond motifs is 1. The molecule has 0 fully saturated rings. The standard InChI is InChI=1S/C15H11F2N3O2/c16-13(17)9-3-1-2-4-10(9)14(21)18-8-5-6-11-12(7-8)20-15(22)19-11/h1-7,13H,(H,18,21)(H2,19,20,22). The highest BCUT2D eigenvalue weighted by Gasteiger charge is 2.17. The first kappa shape index (κ1) is 14.0. The number of rotatable bonds is 3. The molecule has 112 valence electrons. The van der Waals surface area contributed by atoms with Crippen LogP contribution in [0, 0.1) is 0 Å². The van der Waals surface area contributed by atoms with Crippen molar-refractivity contribution in [1.82, 2.24) is 9.97 Å². The van der Waals surface area contributed by atoms with E-state index in [1.54, 1.807) is 18.2 Å². The van der Waals surface area contributed by atoms with E-state index in [1.165, 1.54) is 24.3 Å². The van der Waals surface area contributed by atoms with Gasteiger partial charge in [-0.1, -0.05) is 18.2 Å². The molecular formula is C15H11F2N3O2. The minimum atomic E-state index is -2.73. The van der Waals surface area contributed by atoms with Gasteiger partial charge in [0.2, 0.25) is 0 Å². The van der Waals surface area contributed by atoms with Crippen LogP contribution in [0.1, 0.15) is 22.3 Å². The molecule has 3 N–H and O–H groups in total. The van der Waals surface area contributed by atoms with Crippen LogP contribution in [0.4, 0.5) is 14.5 Å². The van der Waals surface area contributed by atoms with Crippen molar-refractivity contribution in [3.63, 3.8) is 0 Å². The predicted molar refractivity (Wildman–Crippen MR) is 78.3 cm³/mol. The third-order valence-corrected chi connectivity index (χ3v) is 3.21. The topological polar surface area (TPSA) is 77.8 Å². The lowest BCUT2D eigenvalue weighted by atomic mass is 10.1. The molecule has 3 aromatic rings. The van der Waals surface area contributed by atoms with E-state index < -0.39 is 12.3 Å². The Balaban J connectivity index is 1.91. The van der Waals surface area contributed by atoms with E-state index in [2.05, 4.69) is 15.3 Å². The van der Waals surface area contributed by atoms with Crippen molar-refractivity contribution < 1.29 is 13.6 Å². The highest BCUT2D eigenvalue weighted by atomic mass is 19.3. The van der Waals surface area contributed by atoms with Gasteiger partial charge in [-0.05, 0) is 24.3 Å². The number of carbonyl (C=O) groups is 1. The van der Waals surface area contributed by atoms with Crippen LogP contribution in [-0.4, -0.2) is 15.9 Å². The van der Waals surface area contributed by atoms with Crippen molar-refractivity contribution >= 4 is 22.6 Å². The van der Waals surface area contributed by atoms with Gasteiger partial charge in [-0.15, -0.1) is 0 Å². The summed E-state index contributed by atoms with van der Waals surface area (Å²) in [5.41, 5.74) is 0.746. The summed E-state index contributed by atoms with van der Waals surface area (Å²) < 4.78 is 25.8. The van der Waals surface area contributed by atoms with Crippen LogP contribution in [0.2, 0.25) is 0 Å². The van der Waals surface area contributed by atoms with Crippen LogP contribution in [-0.2, 0) is 0 Å². The Morgan fingerprint density at radius 1 is 1.05 bits per heavy atom. The molecule has 3 rings (SSSR count). The molecule has 1 amide bonds. The smallest absolute Gasteiger partial charge is 0.322 e. The van der Waals surface area contributed by atoms with Crippen LogP contribution in [0.15, 0.2) is 47.3 Å². The molecule has 0 bridgehead atoms. The number of halogens is 2. The summed E-state index contributed by atoms with van der Waals surface area (Å²) in [6, 6.07) is 10.3. The van der Waals surface area contributed by atoms with Crippen LogP contribution in [0.3, 0.4) is 0 Å². The van der Waals surface area contributed by atoms with Gasteiger partial charge in [0.05, 0.1) is 11.0 Å². The third-order valence-electron chi connectivity index (χ3n) is 3.21. The fraction of sp³-hybridized carbons (Fsp3) is 0.0667. The maximum Gasteiger partial charge on any atom is 0.323 e. The molecule has 2 aromatic carbocycles. The molecule has 1 aromatic heterocycles. The number of hydrogen-bond donors (Lipinski definition) is 3. The van der Waals surface area contributed by atoms with Crippen LogP contribution >= 0.6 is 0 Å². The number of alkyl halides is 2. The fourth-order valence-corrected chi connectivity index (χ4v) is 2.20. The second-order valence-electron chi connectivity index (χ2n) is 4.68. The Morgan fingerprint density at radius 3 is 2.55 bits per heavy atom. The van der Waals surface area contributed by atoms with Gasteiger partial charge in [-0.25, -0.2) is 13.6 Å². The average Bonchev–Trinajstić information content (AvgIpc) is 2.86. The van der Waals surface area contributed by atoms with Gasteiger partial charge in [-0.2, -0.15) is 0 Å². The number of nitrogens with one attached hydrogen (secondary N) is 3. The first-order chi connectivity index (χ1) is 10.5. The molecule has 0 radical (unpaired) electrons. The summed E-state index contributed by atoms with van der Waals surface area (Å²) >= 11 is 0. The lowest BCUT2D eigenvalue weighted by Gasteiger charge is -2.09. The van der Waals surface area contributed by atoms with Gasteiger partial charge in [0.15, 0.2) is 0 Å². The molecule has 0 saturated carbocycles. The summed E-state index contributed by atoms with van der Waals surface area (Å²) in [6.45, 7) is 0. The van der Waals surface area contributed by atoms with E-state index in [1.807, 2.05) is 0 Å². The van der Waals surface area contributed by atoms with E-state index in [9.17, 15) is 18.4 Å². The molecular weight excluding hydrogens is 292 g/mol. The largest absolute Gasteiger partial charge is 0.323 e. The van der Waals surface area contributed by atoms with Crippen molar-refractivity contribution in [3.05, 3.63) is 64.1 Å². The molecule has 0 aliphatic heterocycles. The van der Waals surface area contributed by atoms with Crippen molar-refractivity contribution in [2.24, 2.45) is 0 Å². The molecule has 0 aliphatic carbocycles. The zero-order valence-electron chi connectivity index (χ0n) is 11.2. The summed E-state index contributed by atoms with van der Waals surface area (Å²) in [6.07, 6.45) is -2.73. The first-order valence-electron chi connectivity index (χ1n) is 6.45. The van der Waals surface area contributed by atoms with Gasteiger partial charge in [0.1, 0.15) is 0 Å². The van der Waals surface area contributed by atoms with Crippen molar-refractivity contribution in [2.45, 2.75) is 6.43 Å². The monoisotopic (exact) mass is 303 g/mol. The van der Waals surface area contributed by atoms with Crippen LogP contribution in [0.5, 0.6) is 0 Å². The average molecular weight is 303 g/mol. The SMILES string of the molecule is O=C(Nc1ccc2[nH]c(=O)[nH]c2c1)c1ccccc1C(F)F. The fourth-order valence-electron chi connectivity index (χ4n) is 2.20. The summed E-state index contributed by atoms with van der Waals surface area (Å²) in [7, 11) is 0. The van der Waals surface area contributed by atoms with Crippen molar-refractivity contribution in [2.75, 3.05) is 5.32 Å². The number of H-pyrrole nitrogens is 2. The number of imidazole rings is 1. The number of anilines is 1. The minimum Gasteiger partial charge on any atom is -0.322 e. The lowest BCUT2D eigenvalue weighted by molar-refractivity contribution is 0.101. The molecule has 0 spiro atoms. The molecule has 0 saturated heterocycles. The summed E-state index contributed by atoms with van der Waals surface area (Å²) in [4.78, 5) is 28.5. The number of amides is 1. The Morgan fingerprint density at radius 2 is 1.77 bits per heavy atom. The van der Waals surface area contributed by atoms with E-state index in [-0.39, 0.29) is 16.8 Å². The lowest BCUT2D eigenvalue weighted by Crippen LogP contribution is -2.14. The molecule has 0 unspecified atom stereocenters. The van der Waals surface area contributed by atoms with E-state index >= 15 is 0 Å². The summed E-state index contributed by atoms with van der Waals surface area (Å²) in [5, 5.41) is 2.55. The Bertz CT molecular complexity index is 899. The zero-order chi connectivity index (χ0) is 15.7. The van der Waals surface area contributed by atoms with E-state index in [0.29, 0.717) is 16.7 Å². The van der Waals surface area contributed by atoms with E-state index in [4.69, 9.17) is 0 Å². The molecule has 0 aliphatic rings. The van der Waals surface area contributed by atoms with Crippen LogP contribution < -0.4 is 11.0 Å². The normalized spacial score (nSPS) is 11.0. The quantitative estimate of drug-likeness (QED) is 0.695. The molecule has 5 nitrogen and oxygen atoms in total. The molecule has 7 heteroatoms. The number of carbonyl (C=O) groups excluding carboxylic acids is 1. The third kappa shape index (κ3) is 2.60. The number of hydrogen-bond acceptors (Lipinski definition) is 2. The summed E-state index contributed by atoms with van der Waals surface area (Å²) in [5.74, 6) is -0.631. The van der Waals surface area contributed by atoms with E-state index in [0.717, 1.165) is 0 Å². The maximum absolute atomic E-state index is 12.9. The maximum atomic E-state index is 12.9. The Labute approximate surface area is 123 Å². The first-order valence-corrected chi connectivity index (χ1v) is 6.45. The zero-order valence-corrected chi connectivity index (χ0v) is 11.2. The van der Waals surface area contributed by atoms with Gasteiger partial charge in [-0.3, -0.25) is 4.79 Å². The predicted octanol–water partition coefficient (Wildman–Crippen LogP) is 3.05. The van der Waals surface area contributed by atoms with Crippen molar-refractivity contribution in [3.8, 4) is 0 Å². The number of aromatic nitrogens is 2. The van der Waals surface area contributed by atoms with Gasteiger partial charge >= 0.3 is 5.69 Å². The van der Waals surface area contributed by atoms with Crippen LogP contribution in [0.25, 0.3) is 11.0 Å². The molecule has 22 heavy (non-hydrogen) atoms. The van der Waals surface area contributed by atoms with Gasteiger partial charge in [0.25, 0.3) is 12.3 Å². The Hall–Kier alpha value is -2.96. The second-order valence-corrected chi connectivity index (χ2v) is 4.68. The minimum absolute atomic E-state index is 0.0832. The highest BCUT2D eigenvalue weighted by molar-refractivity contribution is 6.06. The number of benzene rings is 2.